The molecule has 1 heterocycles. The Hall–Kier alpha value is -1.07. The quantitative estimate of drug-likeness (QED) is 0.895. The fourth-order valence-electron chi connectivity index (χ4n) is 2.37. The zero-order valence-electron chi connectivity index (χ0n) is 11.8. The molecule has 1 aliphatic rings. The molecule has 1 unspecified atom stereocenters. The van der Waals surface area contributed by atoms with Gasteiger partial charge in [0.25, 0.3) is 0 Å². The van der Waals surface area contributed by atoms with Crippen LogP contribution in [-0.2, 0) is 4.79 Å². The summed E-state index contributed by atoms with van der Waals surface area (Å²) in [5.41, 5.74) is 5.84. The van der Waals surface area contributed by atoms with E-state index < -0.39 is 0 Å². The molecule has 2 N–H and O–H groups in total. The molecule has 1 fully saturated rings. The number of hydrogen-bond acceptors (Lipinski definition) is 3. The Balaban J connectivity index is 1.78. The van der Waals surface area contributed by atoms with Gasteiger partial charge in [0.1, 0.15) is 5.75 Å². The smallest absolute Gasteiger partial charge is 0.226 e. The van der Waals surface area contributed by atoms with Crippen LogP contribution in [0.25, 0.3) is 0 Å². The molecule has 0 spiro atoms. The van der Waals surface area contributed by atoms with Crippen molar-refractivity contribution >= 4 is 21.8 Å². The first-order valence-electron chi connectivity index (χ1n) is 6.89. The van der Waals surface area contributed by atoms with E-state index in [1.165, 1.54) is 0 Å². The first-order chi connectivity index (χ1) is 9.54. The summed E-state index contributed by atoms with van der Waals surface area (Å²) in [5, 5.41) is 0. The molecule has 1 aromatic carbocycles. The van der Waals surface area contributed by atoms with Gasteiger partial charge in [0.2, 0.25) is 5.91 Å². The molecule has 0 aliphatic carbocycles. The summed E-state index contributed by atoms with van der Waals surface area (Å²) in [6.07, 6.45) is 1.39. The lowest BCUT2D eigenvalue weighted by molar-refractivity contribution is -0.131. The van der Waals surface area contributed by atoms with E-state index in [2.05, 4.69) is 22.9 Å². The number of nitrogens with zero attached hydrogens (tertiary/aromatic N) is 1. The van der Waals surface area contributed by atoms with Crippen LogP contribution in [0.5, 0.6) is 5.75 Å². The summed E-state index contributed by atoms with van der Waals surface area (Å²) in [4.78, 5) is 14.0. The molecule has 1 amide bonds. The van der Waals surface area contributed by atoms with Gasteiger partial charge >= 0.3 is 0 Å². The van der Waals surface area contributed by atoms with Gasteiger partial charge in [0.15, 0.2) is 0 Å². The number of carbonyl (C=O) groups excluding carboxylic acids is 1. The molecule has 110 valence electrons. The lowest BCUT2D eigenvalue weighted by Crippen LogP contribution is -2.35. The summed E-state index contributed by atoms with van der Waals surface area (Å²) >= 11 is 3.42. The molecular weight excluding hydrogens is 320 g/mol. The molecule has 0 aromatic heterocycles. The Morgan fingerprint density at radius 2 is 2.25 bits per heavy atom. The van der Waals surface area contributed by atoms with Crippen molar-refractivity contribution in [1.82, 2.24) is 4.90 Å². The van der Waals surface area contributed by atoms with Gasteiger partial charge in [0, 0.05) is 13.1 Å². The molecule has 1 atom stereocenters. The van der Waals surface area contributed by atoms with Crippen LogP contribution in [0, 0.1) is 5.41 Å². The Morgan fingerprint density at radius 3 is 2.90 bits per heavy atom. The van der Waals surface area contributed by atoms with E-state index >= 15 is 0 Å². The highest BCUT2D eigenvalue weighted by Crippen LogP contribution is 2.29. The maximum absolute atomic E-state index is 12.1. The number of rotatable bonds is 5. The van der Waals surface area contributed by atoms with Gasteiger partial charge < -0.3 is 15.4 Å². The lowest BCUT2D eigenvalue weighted by atomic mass is 9.90. The van der Waals surface area contributed by atoms with E-state index in [1.807, 2.05) is 29.2 Å². The Kier molecular flexibility index (Phi) is 5.05. The van der Waals surface area contributed by atoms with Crippen LogP contribution in [0.15, 0.2) is 28.7 Å². The van der Waals surface area contributed by atoms with E-state index in [4.69, 9.17) is 10.5 Å². The van der Waals surface area contributed by atoms with Gasteiger partial charge in [-0.1, -0.05) is 19.1 Å². The summed E-state index contributed by atoms with van der Waals surface area (Å²) in [6, 6.07) is 7.65. The van der Waals surface area contributed by atoms with Crippen LogP contribution >= 0.6 is 15.9 Å². The molecule has 0 saturated carbocycles. The number of halogens is 1. The molecule has 0 bridgehead atoms. The molecule has 0 radical (unpaired) electrons. The van der Waals surface area contributed by atoms with Crippen LogP contribution < -0.4 is 10.5 Å². The second-order valence-corrected chi connectivity index (χ2v) is 6.46. The fraction of sp³-hybridized carbons (Fsp3) is 0.533. The highest BCUT2D eigenvalue weighted by Gasteiger charge is 2.34. The van der Waals surface area contributed by atoms with E-state index in [-0.39, 0.29) is 11.3 Å². The van der Waals surface area contributed by atoms with Crippen molar-refractivity contribution in [2.24, 2.45) is 11.1 Å². The molecule has 1 aliphatic heterocycles. The van der Waals surface area contributed by atoms with Crippen molar-refractivity contribution < 1.29 is 9.53 Å². The largest absolute Gasteiger partial charge is 0.492 e. The average Bonchev–Trinajstić information content (AvgIpc) is 2.84. The number of nitrogens with two attached hydrogens (primary N) is 1. The number of carbonyl (C=O) groups is 1. The van der Waals surface area contributed by atoms with Crippen molar-refractivity contribution in [2.45, 2.75) is 19.8 Å². The van der Waals surface area contributed by atoms with Gasteiger partial charge in [-0.05, 0) is 46.4 Å². The molecule has 1 aromatic rings. The second kappa shape index (κ2) is 6.59. The fourth-order valence-corrected chi connectivity index (χ4v) is 2.77. The standard InChI is InChI=1S/C15H21BrN2O2/c1-15(10-17)7-8-18(11-15)14(19)6-9-20-13-5-3-2-4-12(13)16/h2-5H,6-11,17H2,1H3. The number of hydrogen-bond donors (Lipinski definition) is 1. The number of amides is 1. The normalized spacial score (nSPS) is 22.1. The number of para-hydroxylation sites is 1. The maximum atomic E-state index is 12.1. The summed E-state index contributed by atoms with van der Waals surface area (Å²) in [6.45, 7) is 4.73. The van der Waals surface area contributed by atoms with Crippen molar-refractivity contribution in [3.8, 4) is 5.75 Å². The lowest BCUT2D eigenvalue weighted by Gasteiger charge is -2.22. The Labute approximate surface area is 128 Å². The minimum atomic E-state index is 0.0823. The number of likely N-dealkylation sites (tertiary alicyclic amines) is 1. The molecule has 20 heavy (non-hydrogen) atoms. The van der Waals surface area contributed by atoms with Crippen LogP contribution in [0.4, 0.5) is 0 Å². The summed E-state index contributed by atoms with van der Waals surface area (Å²) in [7, 11) is 0. The van der Waals surface area contributed by atoms with E-state index in [0.717, 1.165) is 29.7 Å². The molecular formula is C15H21BrN2O2. The molecule has 4 nitrogen and oxygen atoms in total. The van der Waals surface area contributed by atoms with Gasteiger partial charge in [-0.15, -0.1) is 0 Å². The van der Waals surface area contributed by atoms with Gasteiger partial charge in [-0.2, -0.15) is 0 Å². The zero-order valence-corrected chi connectivity index (χ0v) is 13.4. The minimum Gasteiger partial charge on any atom is -0.492 e. The predicted octanol–water partition coefficient (Wildman–Crippen LogP) is 2.42. The summed E-state index contributed by atoms with van der Waals surface area (Å²) < 4.78 is 6.53. The first-order valence-corrected chi connectivity index (χ1v) is 7.68. The highest BCUT2D eigenvalue weighted by atomic mass is 79.9. The second-order valence-electron chi connectivity index (χ2n) is 5.61. The summed E-state index contributed by atoms with van der Waals surface area (Å²) in [5.74, 6) is 0.919. The van der Waals surface area contributed by atoms with Gasteiger partial charge in [0.05, 0.1) is 17.5 Å². The Morgan fingerprint density at radius 1 is 1.50 bits per heavy atom. The van der Waals surface area contributed by atoms with Crippen molar-refractivity contribution in [1.29, 1.82) is 0 Å². The third kappa shape index (κ3) is 3.73. The van der Waals surface area contributed by atoms with E-state index in [9.17, 15) is 4.79 Å². The first kappa shape index (κ1) is 15.3. The topological polar surface area (TPSA) is 55.6 Å². The molecule has 5 heteroatoms. The minimum absolute atomic E-state index is 0.0823. The highest BCUT2D eigenvalue weighted by molar-refractivity contribution is 9.10. The predicted molar refractivity (Wildman–Crippen MR) is 82.6 cm³/mol. The SMILES string of the molecule is CC1(CN)CCN(C(=O)CCOc2ccccc2Br)C1. The van der Waals surface area contributed by atoms with Crippen LogP contribution in [0.1, 0.15) is 19.8 Å². The van der Waals surface area contributed by atoms with Crippen molar-refractivity contribution in [3.05, 3.63) is 28.7 Å². The Bertz CT molecular complexity index is 481. The third-order valence-electron chi connectivity index (χ3n) is 3.81. The maximum Gasteiger partial charge on any atom is 0.226 e. The monoisotopic (exact) mass is 340 g/mol. The van der Waals surface area contributed by atoms with Gasteiger partial charge in [-0.3, -0.25) is 4.79 Å². The molecule has 1 saturated heterocycles. The zero-order chi connectivity index (χ0) is 14.6. The van der Waals surface area contributed by atoms with Crippen LogP contribution in [-0.4, -0.2) is 37.0 Å². The third-order valence-corrected chi connectivity index (χ3v) is 4.47. The number of benzene rings is 1. The average molecular weight is 341 g/mol. The van der Waals surface area contributed by atoms with E-state index in [0.29, 0.717) is 19.6 Å². The van der Waals surface area contributed by atoms with Crippen molar-refractivity contribution in [2.75, 3.05) is 26.2 Å². The number of ether oxygens (including phenoxy) is 1. The molecule has 2 rings (SSSR count). The van der Waals surface area contributed by atoms with E-state index in [1.54, 1.807) is 0 Å². The van der Waals surface area contributed by atoms with Crippen LogP contribution in [0.3, 0.4) is 0 Å². The van der Waals surface area contributed by atoms with Crippen molar-refractivity contribution in [3.63, 3.8) is 0 Å². The van der Waals surface area contributed by atoms with Gasteiger partial charge in [-0.25, -0.2) is 0 Å². The van der Waals surface area contributed by atoms with Crippen LogP contribution in [0.2, 0.25) is 0 Å².